The number of rotatable bonds is 8. The Morgan fingerprint density at radius 2 is 1.94 bits per heavy atom. The molecule has 1 aromatic carbocycles. The van der Waals surface area contributed by atoms with Crippen LogP contribution in [0.15, 0.2) is 24.3 Å². The number of carbonyl (C=O) groups excluding carboxylic acids is 1. The number of halogens is 1. The lowest BCUT2D eigenvalue weighted by atomic mass is 10.1. The average Bonchev–Trinajstić information content (AvgIpc) is 2.31. The molecule has 0 aliphatic heterocycles. The Bertz CT molecular complexity index is 359. The number of carbonyl (C=O) groups is 1. The van der Waals surface area contributed by atoms with Crippen molar-refractivity contribution in [3.63, 3.8) is 0 Å². The maximum Gasteiger partial charge on any atom is 0.134 e. The number of ether oxygens (including phenoxy) is 1. The molecular weight excluding hydrogens is 292 g/mol. The lowest BCUT2D eigenvalue weighted by molar-refractivity contribution is -0.116. The van der Waals surface area contributed by atoms with Crippen molar-refractivity contribution >= 4 is 21.7 Å². The highest BCUT2D eigenvalue weighted by molar-refractivity contribution is 9.09. The van der Waals surface area contributed by atoms with Gasteiger partial charge >= 0.3 is 0 Å². The van der Waals surface area contributed by atoms with Crippen molar-refractivity contribution in [3.8, 4) is 5.75 Å². The molecule has 1 rings (SSSR count). The predicted molar refractivity (Wildman–Crippen MR) is 78.5 cm³/mol. The Labute approximate surface area is 118 Å². The minimum atomic E-state index is 0.187. The van der Waals surface area contributed by atoms with Crippen LogP contribution in [0.5, 0.6) is 5.75 Å². The summed E-state index contributed by atoms with van der Waals surface area (Å²) in [6, 6.07) is 7.79. The van der Waals surface area contributed by atoms with Gasteiger partial charge in [0.1, 0.15) is 11.5 Å². The normalized spacial score (nSPS) is 12.2. The van der Waals surface area contributed by atoms with E-state index >= 15 is 0 Å². The molecule has 1 aromatic rings. The fourth-order valence-electron chi connectivity index (χ4n) is 1.70. The first-order valence-electron chi connectivity index (χ1n) is 6.39. The van der Waals surface area contributed by atoms with E-state index < -0.39 is 0 Å². The summed E-state index contributed by atoms with van der Waals surface area (Å²) in [6.07, 6.45) is 2.75. The lowest BCUT2D eigenvalue weighted by Gasteiger charge is -2.11. The predicted octanol–water partition coefficient (Wildman–Crippen LogP) is 4.01. The molecule has 0 N–H and O–H groups in total. The minimum absolute atomic E-state index is 0.187. The van der Waals surface area contributed by atoms with Crippen LogP contribution < -0.4 is 4.74 Å². The van der Waals surface area contributed by atoms with Gasteiger partial charge in [-0.3, -0.25) is 4.79 Å². The Morgan fingerprint density at radius 3 is 2.50 bits per heavy atom. The first kappa shape index (κ1) is 15.2. The summed E-state index contributed by atoms with van der Waals surface area (Å²) in [4.78, 5) is 11.0. The van der Waals surface area contributed by atoms with Crippen molar-refractivity contribution < 1.29 is 9.53 Å². The van der Waals surface area contributed by atoms with Gasteiger partial charge in [-0.05, 0) is 43.4 Å². The molecule has 2 nitrogen and oxygen atoms in total. The van der Waals surface area contributed by atoms with Crippen molar-refractivity contribution in [1.29, 1.82) is 0 Å². The van der Waals surface area contributed by atoms with Crippen LogP contribution >= 0.6 is 15.9 Å². The fraction of sp³-hybridized carbons (Fsp3) is 0.533. The van der Waals surface area contributed by atoms with E-state index in [-0.39, 0.29) is 5.78 Å². The second-order valence-corrected chi connectivity index (χ2v) is 5.54. The molecule has 0 radical (unpaired) electrons. The van der Waals surface area contributed by atoms with Crippen molar-refractivity contribution in [2.75, 3.05) is 11.9 Å². The van der Waals surface area contributed by atoms with E-state index in [1.165, 1.54) is 6.42 Å². The minimum Gasteiger partial charge on any atom is -0.494 e. The van der Waals surface area contributed by atoms with Crippen molar-refractivity contribution in [2.24, 2.45) is 5.92 Å². The van der Waals surface area contributed by atoms with Crippen LogP contribution in [0.25, 0.3) is 0 Å². The summed E-state index contributed by atoms with van der Waals surface area (Å²) >= 11 is 3.45. The summed E-state index contributed by atoms with van der Waals surface area (Å²) in [5.41, 5.74) is 1.04. The highest BCUT2D eigenvalue weighted by atomic mass is 79.9. The zero-order valence-corrected chi connectivity index (χ0v) is 12.7. The van der Waals surface area contributed by atoms with Crippen LogP contribution in [-0.4, -0.2) is 17.7 Å². The summed E-state index contributed by atoms with van der Waals surface area (Å²) in [5, 5.41) is 1.05. The highest BCUT2D eigenvalue weighted by Gasteiger charge is 2.02. The number of hydrogen-bond acceptors (Lipinski definition) is 2. The Morgan fingerprint density at radius 1 is 1.28 bits per heavy atom. The van der Waals surface area contributed by atoms with Gasteiger partial charge < -0.3 is 4.74 Å². The van der Waals surface area contributed by atoms with Crippen LogP contribution in [0.4, 0.5) is 0 Å². The number of benzene rings is 1. The molecule has 0 aromatic heterocycles. The van der Waals surface area contributed by atoms with Crippen molar-refractivity contribution in [2.45, 2.75) is 33.1 Å². The van der Waals surface area contributed by atoms with Crippen LogP contribution in [-0.2, 0) is 11.2 Å². The molecule has 0 saturated heterocycles. The largest absolute Gasteiger partial charge is 0.494 e. The van der Waals surface area contributed by atoms with Crippen LogP contribution in [0, 0.1) is 5.92 Å². The molecule has 18 heavy (non-hydrogen) atoms. The molecule has 0 aliphatic rings. The topological polar surface area (TPSA) is 26.3 Å². The quantitative estimate of drug-likeness (QED) is 0.678. The zero-order valence-electron chi connectivity index (χ0n) is 11.1. The van der Waals surface area contributed by atoms with Gasteiger partial charge in [0.15, 0.2) is 0 Å². The van der Waals surface area contributed by atoms with Gasteiger partial charge in [-0.2, -0.15) is 0 Å². The standard InChI is InChI=1S/C15H21BrO2/c1-12(7-9-16)8-10-18-15-5-3-14(4-6-15)11-13(2)17/h3-6,12H,7-11H2,1-2H3. The van der Waals surface area contributed by atoms with Gasteiger partial charge in [0.25, 0.3) is 0 Å². The lowest BCUT2D eigenvalue weighted by Crippen LogP contribution is -2.04. The number of ketones is 1. The molecule has 3 heteroatoms. The maximum atomic E-state index is 11.0. The molecule has 1 atom stereocenters. The first-order valence-corrected chi connectivity index (χ1v) is 7.51. The summed E-state index contributed by atoms with van der Waals surface area (Å²) in [7, 11) is 0. The first-order chi connectivity index (χ1) is 8.61. The van der Waals surface area contributed by atoms with Crippen molar-refractivity contribution in [3.05, 3.63) is 29.8 Å². The van der Waals surface area contributed by atoms with Gasteiger partial charge in [-0.15, -0.1) is 0 Å². The molecule has 0 bridgehead atoms. The monoisotopic (exact) mass is 312 g/mol. The Kier molecular flexibility index (Phi) is 7.02. The molecular formula is C15H21BrO2. The molecule has 0 heterocycles. The van der Waals surface area contributed by atoms with E-state index in [9.17, 15) is 4.79 Å². The Balaban J connectivity index is 2.32. The van der Waals surface area contributed by atoms with E-state index in [0.29, 0.717) is 12.3 Å². The molecule has 0 aliphatic carbocycles. The van der Waals surface area contributed by atoms with Crippen LogP contribution in [0.1, 0.15) is 32.3 Å². The van der Waals surface area contributed by atoms with Gasteiger partial charge in [-0.1, -0.05) is 35.0 Å². The summed E-state index contributed by atoms with van der Waals surface area (Å²) in [5.74, 6) is 1.75. The number of hydrogen-bond donors (Lipinski definition) is 0. The Hall–Kier alpha value is -0.830. The average molecular weight is 313 g/mol. The van der Waals surface area contributed by atoms with E-state index in [0.717, 1.165) is 29.7 Å². The van der Waals surface area contributed by atoms with Crippen LogP contribution in [0.2, 0.25) is 0 Å². The third kappa shape index (κ3) is 6.20. The molecule has 0 spiro atoms. The van der Waals surface area contributed by atoms with Gasteiger partial charge in [0, 0.05) is 11.8 Å². The third-order valence-corrected chi connectivity index (χ3v) is 3.32. The molecule has 0 fully saturated rings. The molecule has 1 unspecified atom stereocenters. The van der Waals surface area contributed by atoms with E-state index in [1.807, 2.05) is 24.3 Å². The van der Waals surface area contributed by atoms with E-state index in [2.05, 4.69) is 22.9 Å². The smallest absolute Gasteiger partial charge is 0.134 e. The maximum absolute atomic E-state index is 11.0. The zero-order chi connectivity index (χ0) is 13.4. The highest BCUT2D eigenvalue weighted by Crippen LogP contribution is 2.15. The third-order valence-electron chi connectivity index (χ3n) is 2.86. The van der Waals surface area contributed by atoms with Gasteiger partial charge in [0.05, 0.1) is 6.61 Å². The molecule has 0 amide bonds. The van der Waals surface area contributed by atoms with E-state index in [4.69, 9.17) is 4.74 Å². The van der Waals surface area contributed by atoms with E-state index in [1.54, 1.807) is 6.92 Å². The van der Waals surface area contributed by atoms with Gasteiger partial charge in [0.2, 0.25) is 0 Å². The van der Waals surface area contributed by atoms with Crippen LogP contribution in [0.3, 0.4) is 0 Å². The second-order valence-electron chi connectivity index (χ2n) is 4.74. The number of alkyl halides is 1. The second kappa shape index (κ2) is 8.30. The fourth-order valence-corrected chi connectivity index (χ4v) is 2.48. The number of Topliss-reactive ketones (excluding diaryl/α,β-unsaturated/α-hetero) is 1. The summed E-state index contributed by atoms with van der Waals surface area (Å²) < 4.78 is 5.68. The molecule has 100 valence electrons. The molecule has 0 saturated carbocycles. The summed E-state index contributed by atoms with van der Waals surface area (Å²) in [6.45, 7) is 4.59. The SMILES string of the molecule is CC(=O)Cc1ccc(OCCC(C)CCBr)cc1. The van der Waals surface area contributed by atoms with Gasteiger partial charge in [-0.25, -0.2) is 0 Å². The van der Waals surface area contributed by atoms with Crippen molar-refractivity contribution in [1.82, 2.24) is 0 Å².